The van der Waals surface area contributed by atoms with E-state index in [1.165, 1.54) is 29.3 Å². The molecule has 1 saturated carbocycles. The zero-order chi connectivity index (χ0) is 8.84. The van der Waals surface area contributed by atoms with Gasteiger partial charge in [0.25, 0.3) is 0 Å². The highest BCUT2D eigenvalue weighted by molar-refractivity contribution is 5.83. The van der Waals surface area contributed by atoms with Crippen LogP contribution in [0.5, 0.6) is 0 Å². The van der Waals surface area contributed by atoms with E-state index in [2.05, 4.69) is 42.0 Å². The molecule has 2 aromatic rings. The SMILES string of the molecule is Cc1cccc2c1ccn2C1CC1. The Morgan fingerprint density at radius 3 is 2.85 bits per heavy atom. The average molecular weight is 171 g/mol. The number of nitrogens with zero attached hydrogens (tertiary/aromatic N) is 1. The molecule has 0 spiro atoms. The largest absolute Gasteiger partial charge is 0.344 e. The lowest BCUT2D eigenvalue weighted by molar-refractivity contribution is 0.776. The third-order valence-corrected chi connectivity index (χ3v) is 2.92. The first-order chi connectivity index (χ1) is 6.36. The third kappa shape index (κ3) is 0.998. The zero-order valence-corrected chi connectivity index (χ0v) is 7.83. The molecule has 1 aromatic heterocycles. The van der Waals surface area contributed by atoms with Crippen LogP contribution in [0.25, 0.3) is 10.9 Å². The highest BCUT2D eigenvalue weighted by Crippen LogP contribution is 2.38. The lowest BCUT2D eigenvalue weighted by Gasteiger charge is -2.02. The summed E-state index contributed by atoms with van der Waals surface area (Å²) >= 11 is 0. The van der Waals surface area contributed by atoms with Crippen molar-refractivity contribution in [3.63, 3.8) is 0 Å². The van der Waals surface area contributed by atoms with Crippen molar-refractivity contribution in [2.45, 2.75) is 25.8 Å². The lowest BCUT2D eigenvalue weighted by atomic mass is 10.1. The first-order valence-corrected chi connectivity index (χ1v) is 4.92. The predicted octanol–water partition coefficient (Wildman–Crippen LogP) is 3.28. The molecule has 0 saturated heterocycles. The van der Waals surface area contributed by atoms with Crippen LogP contribution in [0.3, 0.4) is 0 Å². The smallest absolute Gasteiger partial charge is 0.0485 e. The molecule has 1 aromatic carbocycles. The minimum absolute atomic E-state index is 0.791. The third-order valence-electron chi connectivity index (χ3n) is 2.92. The van der Waals surface area contributed by atoms with Crippen LogP contribution in [0.15, 0.2) is 30.5 Å². The summed E-state index contributed by atoms with van der Waals surface area (Å²) in [6.07, 6.45) is 4.95. The molecule has 0 atom stereocenters. The van der Waals surface area contributed by atoms with Gasteiger partial charge in [-0.1, -0.05) is 12.1 Å². The molecular formula is C12H13N. The second kappa shape index (κ2) is 2.38. The molecule has 0 radical (unpaired) electrons. The molecule has 1 nitrogen and oxygen atoms in total. The number of hydrogen-bond donors (Lipinski definition) is 0. The highest BCUT2D eigenvalue weighted by atomic mass is 15.0. The van der Waals surface area contributed by atoms with Crippen molar-refractivity contribution in [1.82, 2.24) is 4.57 Å². The Bertz CT molecular complexity index is 449. The number of aromatic nitrogens is 1. The molecule has 1 aliphatic rings. The fourth-order valence-electron chi connectivity index (χ4n) is 2.01. The first kappa shape index (κ1) is 7.19. The van der Waals surface area contributed by atoms with Crippen molar-refractivity contribution in [3.05, 3.63) is 36.0 Å². The maximum absolute atomic E-state index is 2.42. The van der Waals surface area contributed by atoms with Crippen molar-refractivity contribution in [1.29, 1.82) is 0 Å². The summed E-state index contributed by atoms with van der Waals surface area (Å²) in [4.78, 5) is 0. The molecule has 0 amide bonds. The van der Waals surface area contributed by atoms with E-state index in [1.807, 2.05) is 0 Å². The second-order valence-electron chi connectivity index (χ2n) is 3.96. The summed E-state index contributed by atoms with van der Waals surface area (Å²) in [6.45, 7) is 2.18. The van der Waals surface area contributed by atoms with E-state index in [1.54, 1.807) is 0 Å². The van der Waals surface area contributed by atoms with Crippen LogP contribution in [0.2, 0.25) is 0 Å². The second-order valence-corrected chi connectivity index (χ2v) is 3.96. The van der Waals surface area contributed by atoms with Crippen molar-refractivity contribution in [2.75, 3.05) is 0 Å². The van der Waals surface area contributed by atoms with Crippen LogP contribution in [-0.4, -0.2) is 4.57 Å². The normalized spacial score (nSPS) is 16.7. The zero-order valence-electron chi connectivity index (χ0n) is 7.83. The first-order valence-electron chi connectivity index (χ1n) is 4.92. The van der Waals surface area contributed by atoms with E-state index in [0.717, 1.165) is 6.04 Å². The van der Waals surface area contributed by atoms with Crippen LogP contribution in [0.4, 0.5) is 0 Å². The number of rotatable bonds is 1. The van der Waals surface area contributed by atoms with E-state index in [0.29, 0.717) is 0 Å². The summed E-state index contributed by atoms with van der Waals surface area (Å²) in [6, 6.07) is 9.58. The maximum Gasteiger partial charge on any atom is 0.0485 e. The molecule has 3 rings (SSSR count). The molecule has 1 fully saturated rings. The standard InChI is InChI=1S/C12H13N/c1-9-3-2-4-12-11(9)7-8-13(12)10-5-6-10/h2-4,7-8,10H,5-6H2,1H3. The fraction of sp³-hybridized carbons (Fsp3) is 0.333. The van der Waals surface area contributed by atoms with E-state index in [-0.39, 0.29) is 0 Å². The van der Waals surface area contributed by atoms with Crippen LogP contribution >= 0.6 is 0 Å². The number of fused-ring (bicyclic) bond motifs is 1. The van der Waals surface area contributed by atoms with Crippen molar-refractivity contribution in [2.24, 2.45) is 0 Å². The molecule has 0 N–H and O–H groups in total. The fourth-order valence-corrected chi connectivity index (χ4v) is 2.01. The summed E-state index contributed by atoms with van der Waals surface area (Å²) in [5, 5.41) is 1.41. The maximum atomic E-state index is 2.42. The van der Waals surface area contributed by atoms with Crippen molar-refractivity contribution >= 4 is 10.9 Å². The molecule has 1 heteroatoms. The highest BCUT2D eigenvalue weighted by Gasteiger charge is 2.24. The van der Waals surface area contributed by atoms with Gasteiger partial charge in [0.15, 0.2) is 0 Å². The molecule has 13 heavy (non-hydrogen) atoms. The Hall–Kier alpha value is -1.24. The van der Waals surface area contributed by atoms with Gasteiger partial charge in [0.1, 0.15) is 0 Å². The van der Waals surface area contributed by atoms with Crippen LogP contribution in [-0.2, 0) is 0 Å². The van der Waals surface area contributed by atoms with Crippen LogP contribution in [0, 0.1) is 6.92 Å². The minimum Gasteiger partial charge on any atom is -0.344 e. The van der Waals surface area contributed by atoms with Gasteiger partial charge in [0.05, 0.1) is 0 Å². The van der Waals surface area contributed by atoms with E-state index >= 15 is 0 Å². The van der Waals surface area contributed by atoms with Crippen LogP contribution < -0.4 is 0 Å². The Balaban J connectivity index is 2.32. The predicted molar refractivity (Wildman–Crippen MR) is 54.9 cm³/mol. The Morgan fingerprint density at radius 1 is 1.23 bits per heavy atom. The molecule has 66 valence electrons. The van der Waals surface area contributed by atoms with E-state index in [4.69, 9.17) is 0 Å². The van der Waals surface area contributed by atoms with Gasteiger partial charge in [-0.3, -0.25) is 0 Å². The topological polar surface area (TPSA) is 4.93 Å². The average Bonchev–Trinajstić information content (AvgIpc) is 2.87. The monoisotopic (exact) mass is 171 g/mol. The molecular weight excluding hydrogens is 158 g/mol. The summed E-state index contributed by atoms with van der Waals surface area (Å²) in [5.74, 6) is 0. The van der Waals surface area contributed by atoms with Gasteiger partial charge in [0.2, 0.25) is 0 Å². The van der Waals surface area contributed by atoms with Crippen molar-refractivity contribution < 1.29 is 0 Å². The molecule has 1 aliphatic carbocycles. The van der Waals surface area contributed by atoms with E-state index < -0.39 is 0 Å². The molecule has 0 bridgehead atoms. The van der Waals surface area contributed by atoms with Gasteiger partial charge >= 0.3 is 0 Å². The molecule has 1 heterocycles. The van der Waals surface area contributed by atoms with Crippen LogP contribution in [0.1, 0.15) is 24.4 Å². The lowest BCUT2D eigenvalue weighted by Crippen LogP contribution is -1.89. The quantitative estimate of drug-likeness (QED) is 0.620. The number of benzene rings is 1. The van der Waals surface area contributed by atoms with Gasteiger partial charge in [-0.15, -0.1) is 0 Å². The van der Waals surface area contributed by atoms with Crippen molar-refractivity contribution in [3.8, 4) is 0 Å². The van der Waals surface area contributed by atoms with Gasteiger partial charge in [0, 0.05) is 23.1 Å². The van der Waals surface area contributed by atoms with E-state index in [9.17, 15) is 0 Å². The van der Waals surface area contributed by atoms with Gasteiger partial charge in [-0.25, -0.2) is 0 Å². The number of hydrogen-bond acceptors (Lipinski definition) is 0. The Labute approximate surface area is 78.0 Å². The number of aryl methyl sites for hydroxylation is 1. The molecule has 0 aliphatic heterocycles. The summed E-state index contributed by atoms with van der Waals surface area (Å²) in [7, 11) is 0. The van der Waals surface area contributed by atoms with Gasteiger partial charge in [-0.05, 0) is 37.5 Å². The summed E-state index contributed by atoms with van der Waals surface area (Å²) < 4.78 is 2.42. The minimum atomic E-state index is 0.791. The summed E-state index contributed by atoms with van der Waals surface area (Å²) in [5.41, 5.74) is 2.79. The van der Waals surface area contributed by atoms with Gasteiger partial charge in [-0.2, -0.15) is 0 Å². The molecule has 0 unspecified atom stereocenters. The van der Waals surface area contributed by atoms with Gasteiger partial charge < -0.3 is 4.57 Å². The Morgan fingerprint density at radius 2 is 2.08 bits per heavy atom. The Kier molecular flexibility index (Phi) is 1.32.